The van der Waals surface area contributed by atoms with Crippen molar-refractivity contribution < 1.29 is 4.79 Å². The molecule has 140 valence electrons. The van der Waals surface area contributed by atoms with Crippen molar-refractivity contribution in [3.05, 3.63) is 17.6 Å². The summed E-state index contributed by atoms with van der Waals surface area (Å²) in [5.74, 6) is 1.95. The van der Waals surface area contributed by atoms with Gasteiger partial charge in [-0.2, -0.15) is 0 Å². The van der Waals surface area contributed by atoms with Gasteiger partial charge in [-0.1, -0.05) is 41.5 Å². The maximum atomic E-state index is 12.5. The third kappa shape index (κ3) is 5.39. The third-order valence-electron chi connectivity index (χ3n) is 4.62. The van der Waals surface area contributed by atoms with E-state index >= 15 is 0 Å². The highest BCUT2D eigenvalue weighted by atomic mass is 16.2. The van der Waals surface area contributed by atoms with Crippen LogP contribution in [0.15, 0.2) is 6.07 Å². The van der Waals surface area contributed by atoms with E-state index in [1.54, 1.807) is 0 Å². The highest BCUT2D eigenvalue weighted by Crippen LogP contribution is 2.24. The summed E-state index contributed by atoms with van der Waals surface area (Å²) in [6, 6.07) is 1.97. The Balaban J connectivity index is 2.02. The smallest absolute Gasteiger partial charge is 0.242 e. The molecule has 1 aromatic rings. The summed E-state index contributed by atoms with van der Waals surface area (Å²) in [4.78, 5) is 26.0. The van der Waals surface area contributed by atoms with Gasteiger partial charge in [0.15, 0.2) is 0 Å². The molecule has 0 aromatic carbocycles. The standard InChI is InChI=1S/C19H33N5O/c1-7-23-8-10-24(11-9-23)17(25)13-20-16-12-15(19(4,5)6)21-18(22-16)14(2)3/h12,14H,7-11,13H2,1-6H3,(H,20,21,22). The van der Waals surface area contributed by atoms with E-state index in [9.17, 15) is 4.79 Å². The van der Waals surface area contributed by atoms with Gasteiger partial charge in [0, 0.05) is 43.6 Å². The molecule has 1 N–H and O–H groups in total. The first-order valence-electron chi connectivity index (χ1n) is 9.34. The zero-order chi connectivity index (χ0) is 18.6. The molecule has 0 atom stereocenters. The Morgan fingerprint density at radius 2 is 1.84 bits per heavy atom. The first-order valence-corrected chi connectivity index (χ1v) is 9.34. The van der Waals surface area contributed by atoms with E-state index in [1.807, 2.05) is 11.0 Å². The van der Waals surface area contributed by atoms with E-state index in [-0.39, 0.29) is 23.8 Å². The van der Waals surface area contributed by atoms with Crippen LogP contribution in [0.5, 0.6) is 0 Å². The maximum Gasteiger partial charge on any atom is 0.242 e. The summed E-state index contributed by atoms with van der Waals surface area (Å²) in [5, 5.41) is 3.22. The molecule has 2 heterocycles. The molecule has 25 heavy (non-hydrogen) atoms. The van der Waals surface area contributed by atoms with Crippen LogP contribution in [0.25, 0.3) is 0 Å². The molecule has 0 bridgehead atoms. The molecule has 1 aromatic heterocycles. The van der Waals surface area contributed by atoms with Gasteiger partial charge >= 0.3 is 0 Å². The van der Waals surface area contributed by atoms with Gasteiger partial charge in [0.05, 0.1) is 12.2 Å². The Labute approximate surface area is 152 Å². The number of carbonyl (C=O) groups excluding carboxylic acids is 1. The van der Waals surface area contributed by atoms with Gasteiger partial charge in [0.2, 0.25) is 5.91 Å². The quantitative estimate of drug-likeness (QED) is 0.887. The number of piperazine rings is 1. The molecule has 1 amide bonds. The zero-order valence-corrected chi connectivity index (χ0v) is 16.6. The lowest BCUT2D eigenvalue weighted by Gasteiger charge is -2.34. The second kappa shape index (κ2) is 8.13. The SMILES string of the molecule is CCN1CCN(C(=O)CNc2cc(C(C)(C)C)nc(C(C)C)n2)CC1. The number of likely N-dealkylation sites (N-methyl/N-ethyl adjacent to an activating group) is 1. The molecule has 1 saturated heterocycles. The lowest BCUT2D eigenvalue weighted by molar-refractivity contribution is -0.131. The third-order valence-corrected chi connectivity index (χ3v) is 4.62. The highest BCUT2D eigenvalue weighted by Gasteiger charge is 2.21. The lowest BCUT2D eigenvalue weighted by Crippen LogP contribution is -2.49. The normalized spacial score (nSPS) is 16.4. The molecule has 1 aliphatic heterocycles. The van der Waals surface area contributed by atoms with E-state index in [1.165, 1.54) is 0 Å². The van der Waals surface area contributed by atoms with Crippen LogP contribution < -0.4 is 5.32 Å². The van der Waals surface area contributed by atoms with E-state index in [0.29, 0.717) is 0 Å². The Bertz CT molecular complexity index is 586. The number of carbonyl (C=O) groups is 1. The van der Waals surface area contributed by atoms with Crippen molar-refractivity contribution >= 4 is 11.7 Å². The Hall–Kier alpha value is -1.69. The van der Waals surface area contributed by atoms with Crippen molar-refractivity contribution in [1.82, 2.24) is 19.8 Å². The van der Waals surface area contributed by atoms with Crippen LogP contribution in [-0.4, -0.2) is 64.9 Å². The first-order chi connectivity index (χ1) is 11.7. The number of anilines is 1. The molecule has 0 spiro atoms. The average Bonchev–Trinajstić information content (AvgIpc) is 2.58. The molecule has 0 radical (unpaired) electrons. The van der Waals surface area contributed by atoms with Crippen LogP contribution in [0.2, 0.25) is 0 Å². The van der Waals surface area contributed by atoms with Gasteiger partial charge in [-0.05, 0) is 6.54 Å². The molecule has 0 aliphatic carbocycles. The minimum Gasteiger partial charge on any atom is -0.361 e. The van der Waals surface area contributed by atoms with E-state index in [2.05, 4.69) is 61.7 Å². The summed E-state index contributed by atoms with van der Waals surface area (Å²) >= 11 is 0. The molecular formula is C19H33N5O. The Morgan fingerprint density at radius 1 is 1.20 bits per heavy atom. The number of amides is 1. The second-order valence-corrected chi connectivity index (χ2v) is 8.07. The predicted octanol–water partition coefficient (Wildman–Crippen LogP) is 2.47. The number of nitrogens with one attached hydrogen (secondary N) is 1. The Morgan fingerprint density at radius 3 is 2.36 bits per heavy atom. The molecule has 6 nitrogen and oxygen atoms in total. The summed E-state index contributed by atoms with van der Waals surface area (Å²) in [5.41, 5.74) is 0.946. The fourth-order valence-corrected chi connectivity index (χ4v) is 2.79. The monoisotopic (exact) mass is 347 g/mol. The van der Waals surface area contributed by atoms with E-state index < -0.39 is 0 Å². The topological polar surface area (TPSA) is 61.4 Å². The van der Waals surface area contributed by atoms with Crippen molar-refractivity contribution in [2.75, 3.05) is 44.6 Å². The Kier molecular flexibility index (Phi) is 6.38. The van der Waals surface area contributed by atoms with Crippen LogP contribution in [0.1, 0.15) is 59.0 Å². The molecule has 1 fully saturated rings. The van der Waals surface area contributed by atoms with Gasteiger partial charge in [-0.25, -0.2) is 9.97 Å². The van der Waals surface area contributed by atoms with E-state index in [4.69, 9.17) is 0 Å². The van der Waals surface area contributed by atoms with Crippen LogP contribution in [0.4, 0.5) is 5.82 Å². The zero-order valence-electron chi connectivity index (χ0n) is 16.6. The minimum atomic E-state index is -0.0521. The summed E-state index contributed by atoms with van der Waals surface area (Å²) < 4.78 is 0. The van der Waals surface area contributed by atoms with Gasteiger partial charge in [0.25, 0.3) is 0 Å². The number of hydrogen-bond acceptors (Lipinski definition) is 5. The fraction of sp³-hybridized carbons (Fsp3) is 0.737. The van der Waals surface area contributed by atoms with Crippen LogP contribution in [0, 0.1) is 0 Å². The maximum absolute atomic E-state index is 12.5. The fourth-order valence-electron chi connectivity index (χ4n) is 2.79. The largest absolute Gasteiger partial charge is 0.361 e. The number of rotatable bonds is 5. The molecule has 0 unspecified atom stereocenters. The number of nitrogens with zero attached hydrogens (tertiary/aromatic N) is 4. The molecule has 1 aliphatic rings. The van der Waals surface area contributed by atoms with Gasteiger partial charge in [-0.15, -0.1) is 0 Å². The average molecular weight is 348 g/mol. The van der Waals surface area contributed by atoms with Crippen LogP contribution >= 0.6 is 0 Å². The highest BCUT2D eigenvalue weighted by molar-refractivity contribution is 5.80. The predicted molar refractivity (Wildman–Crippen MR) is 102 cm³/mol. The minimum absolute atomic E-state index is 0.0521. The molecule has 6 heteroatoms. The van der Waals surface area contributed by atoms with Crippen LogP contribution in [0.3, 0.4) is 0 Å². The lowest BCUT2D eigenvalue weighted by atomic mass is 9.91. The van der Waals surface area contributed by atoms with Gasteiger partial charge < -0.3 is 15.1 Å². The molecule has 0 saturated carbocycles. The summed E-state index contributed by atoms with van der Waals surface area (Å²) in [7, 11) is 0. The first kappa shape index (κ1) is 19.6. The number of aromatic nitrogens is 2. The molecular weight excluding hydrogens is 314 g/mol. The summed E-state index contributed by atoms with van der Waals surface area (Å²) in [6.07, 6.45) is 0. The van der Waals surface area contributed by atoms with Crippen molar-refractivity contribution in [3.63, 3.8) is 0 Å². The van der Waals surface area contributed by atoms with Crippen molar-refractivity contribution in [2.24, 2.45) is 0 Å². The van der Waals surface area contributed by atoms with E-state index in [0.717, 1.165) is 50.1 Å². The molecule has 2 rings (SSSR count). The number of hydrogen-bond donors (Lipinski definition) is 1. The second-order valence-electron chi connectivity index (χ2n) is 8.07. The summed E-state index contributed by atoms with van der Waals surface area (Å²) in [6.45, 7) is 17.6. The van der Waals surface area contributed by atoms with Crippen molar-refractivity contribution in [2.45, 2.75) is 52.9 Å². The van der Waals surface area contributed by atoms with Gasteiger partial charge in [-0.3, -0.25) is 4.79 Å². The van der Waals surface area contributed by atoms with Crippen molar-refractivity contribution in [3.8, 4) is 0 Å². The van der Waals surface area contributed by atoms with Crippen molar-refractivity contribution in [1.29, 1.82) is 0 Å². The van der Waals surface area contributed by atoms with Crippen LogP contribution in [-0.2, 0) is 10.2 Å². The van der Waals surface area contributed by atoms with Gasteiger partial charge in [0.1, 0.15) is 11.6 Å².